The van der Waals surface area contributed by atoms with Crippen molar-refractivity contribution in [1.82, 2.24) is 9.97 Å². The Morgan fingerprint density at radius 2 is 2.17 bits per heavy atom. The van der Waals surface area contributed by atoms with Crippen LogP contribution in [-0.2, 0) is 0 Å². The van der Waals surface area contributed by atoms with Crippen LogP contribution in [0.1, 0.15) is 38.9 Å². The van der Waals surface area contributed by atoms with Crippen LogP contribution in [0.15, 0.2) is 6.07 Å². The summed E-state index contributed by atoms with van der Waals surface area (Å²) >= 11 is 0. The molecule has 3 N–H and O–H groups in total. The zero-order valence-electron chi connectivity index (χ0n) is 11.6. The molecule has 1 aliphatic carbocycles. The molecule has 0 bridgehead atoms. The molecule has 0 spiro atoms. The van der Waals surface area contributed by atoms with E-state index in [1.165, 1.54) is 6.42 Å². The highest BCUT2D eigenvalue weighted by atomic mass is 15.3. The van der Waals surface area contributed by atoms with Crippen LogP contribution in [0.2, 0.25) is 0 Å². The molecule has 0 amide bonds. The van der Waals surface area contributed by atoms with Crippen molar-refractivity contribution in [1.29, 1.82) is 0 Å². The summed E-state index contributed by atoms with van der Waals surface area (Å²) < 4.78 is 0. The molecule has 2 rings (SSSR count). The normalized spacial score (nSPS) is 22.1. The largest absolute Gasteiger partial charge is 0.359 e. The molecule has 0 radical (unpaired) electrons. The summed E-state index contributed by atoms with van der Waals surface area (Å²) in [6, 6.07) is 1.90. The van der Waals surface area contributed by atoms with Crippen LogP contribution in [-0.4, -0.2) is 23.6 Å². The van der Waals surface area contributed by atoms with E-state index in [-0.39, 0.29) is 0 Å². The Bertz CT molecular complexity index is 418. The molecular formula is C13H23N5. The molecule has 0 aliphatic heterocycles. The Kier molecular flexibility index (Phi) is 3.71. The van der Waals surface area contributed by atoms with Crippen LogP contribution in [0, 0.1) is 11.8 Å². The second-order valence-corrected chi connectivity index (χ2v) is 5.62. The summed E-state index contributed by atoms with van der Waals surface area (Å²) in [6.45, 7) is 7.52. The molecular weight excluding hydrogens is 226 g/mol. The van der Waals surface area contributed by atoms with Gasteiger partial charge in [0.1, 0.15) is 17.5 Å². The predicted molar refractivity (Wildman–Crippen MR) is 74.5 cm³/mol. The number of nitrogen functional groups attached to an aromatic ring is 1. The van der Waals surface area contributed by atoms with Crippen molar-refractivity contribution in [3.8, 4) is 0 Å². The van der Waals surface area contributed by atoms with Gasteiger partial charge < -0.3 is 10.3 Å². The summed E-state index contributed by atoms with van der Waals surface area (Å²) in [5.74, 6) is 9.88. The molecule has 5 heteroatoms. The highest BCUT2D eigenvalue weighted by Crippen LogP contribution is 2.38. The van der Waals surface area contributed by atoms with Gasteiger partial charge in [-0.3, -0.25) is 0 Å². The van der Waals surface area contributed by atoms with Crippen molar-refractivity contribution >= 4 is 11.6 Å². The smallest absolute Gasteiger partial charge is 0.145 e. The fraction of sp³-hybridized carbons (Fsp3) is 0.692. The van der Waals surface area contributed by atoms with Crippen molar-refractivity contribution < 1.29 is 0 Å². The minimum absolute atomic E-state index is 0.297. The van der Waals surface area contributed by atoms with Crippen LogP contribution < -0.4 is 16.2 Å². The number of nitrogens with one attached hydrogen (secondary N) is 1. The predicted octanol–water partition coefficient (Wildman–Crippen LogP) is 1.98. The van der Waals surface area contributed by atoms with Gasteiger partial charge in [0.25, 0.3) is 0 Å². The molecule has 1 heterocycles. The molecule has 1 aromatic rings. The summed E-state index contributed by atoms with van der Waals surface area (Å²) in [5.41, 5.74) is 2.62. The number of hydrogen-bond acceptors (Lipinski definition) is 5. The zero-order valence-corrected chi connectivity index (χ0v) is 11.6. The van der Waals surface area contributed by atoms with Crippen LogP contribution in [0.5, 0.6) is 0 Å². The molecule has 1 fully saturated rings. The summed E-state index contributed by atoms with van der Waals surface area (Å²) in [7, 11) is 2.08. The SMILES string of the molecule is CC(C)c1nc(NN)cc(N(C)CC2CC2C)n1. The van der Waals surface area contributed by atoms with E-state index in [1.807, 2.05) is 6.07 Å². The van der Waals surface area contributed by atoms with Gasteiger partial charge >= 0.3 is 0 Å². The molecule has 5 nitrogen and oxygen atoms in total. The lowest BCUT2D eigenvalue weighted by atomic mass is 10.2. The van der Waals surface area contributed by atoms with Crippen molar-refractivity contribution in [2.45, 2.75) is 33.1 Å². The second-order valence-electron chi connectivity index (χ2n) is 5.62. The number of nitrogens with two attached hydrogens (primary N) is 1. The first-order chi connectivity index (χ1) is 8.51. The van der Waals surface area contributed by atoms with E-state index in [0.29, 0.717) is 11.7 Å². The van der Waals surface area contributed by atoms with Crippen molar-refractivity contribution in [3.05, 3.63) is 11.9 Å². The monoisotopic (exact) mass is 249 g/mol. The van der Waals surface area contributed by atoms with Gasteiger partial charge in [0.15, 0.2) is 0 Å². The number of hydrogen-bond donors (Lipinski definition) is 2. The molecule has 0 saturated heterocycles. The summed E-state index contributed by atoms with van der Waals surface area (Å²) in [5, 5.41) is 0. The lowest BCUT2D eigenvalue weighted by Gasteiger charge is -2.20. The number of aromatic nitrogens is 2. The maximum Gasteiger partial charge on any atom is 0.145 e. The minimum atomic E-state index is 0.297. The Hall–Kier alpha value is -1.36. The Balaban J connectivity index is 2.17. The zero-order chi connectivity index (χ0) is 13.3. The number of nitrogens with zero attached hydrogens (tertiary/aromatic N) is 3. The van der Waals surface area contributed by atoms with Crippen LogP contribution >= 0.6 is 0 Å². The summed E-state index contributed by atoms with van der Waals surface area (Å²) in [4.78, 5) is 11.2. The standard InChI is InChI=1S/C13H23N5/c1-8(2)13-15-11(17-14)6-12(16-13)18(4)7-10-5-9(10)3/h6,8-10H,5,7,14H2,1-4H3,(H,15,16,17). The number of rotatable bonds is 5. The van der Waals surface area contributed by atoms with Gasteiger partial charge in [-0.1, -0.05) is 20.8 Å². The molecule has 1 aliphatic rings. The second kappa shape index (κ2) is 5.10. The maximum absolute atomic E-state index is 5.46. The number of hydrazine groups is 1. The fourth-order valence-corrected chi connectivity index (χ4v) is 2.08. The van der Waals surface area contributed by atoms with Crippen LogP contribution in [0.3, 0.4) is 0 Å². The van der Waals surface area contributed by atoms with Gasteiger partial charge in [-0.2, -0.15) is 0 Å². The fourth-order valence-electron chi connectivity index (χ4n) is 2.08. The highest BCUT2D eigenvalue weighted by molar-refractivity contribution is 5.48. The van der Waals surface area contributed by atoms with Gasteiger partial charge in [-0.15, -0.1) is 0 Å². The first-order valence-corrected chi connectivity index (χ1v) is 6.58. The molecule has 2 unspecified atom stereocenters. The minimum Gasteiger partial charge on any atom is -0.359 e. The average Bonchev–Trinajstić information content (AvgIpc) is 3.04. The molecule has 2 atom stereocenters. The Morgan fingerprint density at radius 1 is 1.50 bits per heavy atom. The van der Waals surface area contributed by atoms with Gasteiger partial charge in [-0.25, -0.2) is 15.8 Å². The first kappa shape index (κ1) is 13.1. The molecule has 100 valence electrons. The highest BCUT2D eigenvalue weighted by Gasteiger charge is 2.33. The van der Waals surface area contributed by atoms with E-state index >= 15 is 0 Å². The van der Waals surface area contributed by atoms with Crippen LogP contribution in [0.4, 0.5) is 11.6 Å². The Morgan fingerprint density at radius 3 is 2.67 bits per heavy atom. The van der Waals surface area contributed by atoms with E-state index < -0.39 is 0 Å². The molecule has 0 aromatic carbocycles. The summed E-state index contributed by atoms with van der Waals surface area (Å²) in [6.07, 6.45) is 1.33. The molecule has 1 saturated carbocycles. The molecule has 1 aromatic heterocycles. The van der Waals surface area contributed by atoms with Crippen molar-refractivity contribution in [3.63, 3.8) is 0 Å². The lowest BCUT2D eigenvalue weighted by molar-refractivity contribution is 0.708. The van der Waals surface area contributed by atoms with Crippen molar-refractivity contribution in [2.24, 2.45) is 17.7 Å². The van der Waals surface area contributed by atoms with Gasteiger partial charge in [0.2, 0.25) is 0 Å². The van der Waals surface area contributed by atoms with E-state index in [4.69, 9.17) is 5.84 Å². The van der Waals surface area contributed by atoms with Gasteiger partial charge in [0, 0.05) is 25.6 Å². The van der Waals surface area contributed by atoms with Crippen molar-refractivity contribution in [2.75, 3.05) is 23.9 Å². The maximum atomic E-state index is 5.46. The van der Waals surface area contributed by atoms with E-state index in [2.05, 4.69) is 48.1 Å². The third kappa shape index (κ3) is 2.90. The number of anilines is 2. The van der Waals surface area contributed by atoms with Crippen LogP contribution in [0.25, 0.3) is 0 Å². The lowest BCUT2D eigenvalue weighted by Crippen LogP contribution is -2.23. The van der Waals surface area contributed by atoms with E-state index in [0.717, 1.165) is 30.0 Å². The Labute approximate surface area is 109 Å². The molecule has 18 heavy (non-hydrogen) atoms. The topological polar surface area (TPSA) is 67.1 Å². The third-order valence-corrected chi connectivity index (χ3v) is 3.57. The van der Waals surface area contributed by atoms with Gasteiger partial charge in [-0.05, 0) is 18.3 Å². The van der Waals surface area contributed by atoms with Gasteiger partial charge in [0.05, 0.1) is 0 Å². The average molecular weight is 249 g/mol. The third-order valence-electron chi connectivity index (χ3n) is 3.57. The van der Waals surface area contributed by atoms with E-state index in [9.17, 15) is 0 Å². The van der Waals surface area contributed by atoms with E-state index in [1.54, 1.807) is 0 Å². The first-order valence-electron chi connectivity index (χ1n) is 6.58. The quantitative estimate of drug-likeness (QED) is 0.617.